The molecule has 2 aromatic heterocycles. The normalized spacial score (nSPS) is 11.4. The molecule has 0 aliphatic rings. The minimum Gasteiger partial charge on any atom is -0.424 e. The Hall–Kier alpha value is -3.27. The number of hydrogen-bond donors (Lipinski definition) is 1. The van der Waals surface area contributed by atoms with Crippen LogP contribution in [0.2, 0.25) is 0 Å². The van der Waals surface area contributed by atoms with Gasteiger partial charge in [0.05, 0.1) is 5.75 Å². The average Bonchev–Trinajstić information content (AvgIpc) is 2.67. The summed E-state index contributed by atoms with van der Waals surface area (Å²) < 4.78 is 34.4. The first kappa shape index (κ1) is 23.4. The highest BCUT2D eigenvalue weighted by Crippen LogP contribution is 2.29. The summed E-state index contributed by atoms with van der Waals surface area (Å²) in [4.78, 5) is 24.9. The van der Waals surface area contributed by atoms with Gasteiger partial charge in [0.25, 0.3) is 5.56 Å². The predicted octanol–water partition coefficient (Wildman–Crippen LogP) is 3.41. The molecule has 10 heteroatoms. The molecule has 0 unspecified atom stereocenters. The van der Waals surface area contributed by atoms with E-state index in [4.69, 9.17) is 4.74 Å². The third-order valence-corrected chi connectivity index (χ3v) is 6.19. The Labute approximate surface area is 187 Å². The van der Waals surface area contributed by atoms with Crippen LogP contribution in [0, 0.1) is 27.7 Å². The second kappa shape index (κ2) is 9.07. The van der Waals surface area contributed by atoms with Crippen LogP contribution in [0.15, 0.2) is 29.2 Å². The quantitative estimate of drug-likeness (QED) is 0.578. The monoisotopic (exact) mass is 457 g/mol. The van der Waals surface area contributed by atoms with Crippen LogP contribution < -0.4 is 15.0 Å². The summed E-state index contributed by atoms with van der Waals surface area (Å²) in [6.07, 6.45) is 2.03. The fraction of sp³-hybridized carbons (Fsp3) is 0.364. The summed E-state index contributed by atoms with van der Waals surface area (Å²) in [5, 5.41) is 0. The van der Waals surface area contributed by atoms with Gasteiger partial charge in [-0.3, -0.25) is 9.52 Å². The zero-order valence-electron chi connectivity index (χ0n) is 19.1. The number of benzene rings is 1. The summed E-state index contributed by atoms with van der Waals surface area (Å²) in [6.45, 7) is 9.28. The van der Waals surface area contributed by atoms with Gasteiger partial charge in [-0.2, -0.15) is 15.0 Å². The van der Waals surface area contributed by atoms with Gasteiger partial charge >= 0.3 is 6.01 Å². The lowest BCUT2D eigenvalue weighted by atomic mass is 10.1. The van der Waals surface area contributed by atoms with Crippen LogP contribution in [-0.4, -0.2) is 33.7 Å². The van der Waals surface area contributed by atoms with Gasteiger partial charge in [0, 0.05) is 24.4 Å². The molecule has 170 valence electrons. The zero-order valence-corrected chi connectivity index (χ0v) is 19.9. The van der Waals surface area contributed by atoms with Crippen LogP contribution in [0.3, 0.4) is 0 Å². The van der Waals surface area contributed by atoms with Crippen LogP contribution in [0.1, 0.15) is 35.6 Å². The summed E-state index contributed by atoms with van der Waals surface area (Å²) in [5.74, 6) is 0.559. The van der Waals surface area contributed by atoms with Gasteiger partial charge in [-0.25, -0.2) is 8.42 Å². The molecule has 1 aromatic carbocycles. The first-order chi connectivity index (χ1) is 15.0. The molecule has 32 heavy (non-hydrogen) atoms. The van der Waals surface area contributed by atoms with Crippen molar-refractivity contribution in [3.05, 3.63) is 57.0 Å². The molecule has 2 heterocycles. The van der Waals surface area contributed by atoms with Crippen molar-refractivity contribution in [2.75, 3.05) is 10.5 Å². The Bertz CT molecular complexity index is 1280. The fourth-order valence-corrected chi connectivity index (χ4v) is 4.46. The van der Waals surface area contributed by atoms with Gasteiger partial charge in [0.2, 0.25) is 16.0 Å². The summed E-state index contributed by atoms with van der Waals surface area (Å²) in [6, 6.07) is 5.55. The van der Waals surface area contributed by atoms with Gasteiger partial charge in [0.15, 0.2) is 5.82 Å². The van der Waals surface area contributed by atoms with Crippen LogP contribution in [0.4, 0.5) is 5.95 Å². The molecule has 0 bridgehead atoms. The molecule has 0 amide bonds. The molecule has 0 saturated heterocycles. The molecule has 0 aliphatic heterocycles. The van der Waals surface area contributed by atoms with E-state index in [0.29, 0.717) is 23.3 Å². The fourth-order valence-electron chi connectivity index (χ4n) is 3.45. The molecule has 0 saturated carbocycles. The van der Waals surface area contributed by atoms with Gasteiger partial charge in [-0.05, 0) is 51.3 Å². The summed E-state index contributed by atoms with van der Waals surface area (Å²) in [5.41, 5.74) is 3.79. The van der Waals surface area contributed by atoms with E-state index in [0.717, 1.165) is 16.7 Å². The first-order valence-corrected chi connectivity index (χ1v) is 11.8. The van der Waals surface area contributed by atoms with Crippen molar-refractivity contribution in [3.63, 3.8) is 0 Å². The van der Waals surface area contributed by atoms with Crippen molar-refractivity contribution in [1.29, 1.82) is 0 Å². The summed E-state index contributed by atoms with van der Waals surface area (Å²) in [7, 11) is -2.01. The number of ether oxygens (including phenoxy) is 1. The van der Waals surface area contributed by atoms with Gasteiger partial charge in [-0.1, -0.05) is 24.6 Å². The van der Waals surface area contributed by atoms with E-state index in [-0.39, 0.29) is 29.1 Å². The van der Waals surface area contributed by atoms with E-state index in [1.165, 1.54) is 4.57 Å². The maximum Gasteiger partial charge on any atom is 0.327 e. The summed E-state index contributed by atoms with van der Waals surface area (Å²) >= 11 is 0. The Morgan fingerprint density at radius 1 is 1.00 bits per heavy atom. The van der Waals surface area contributed by atoms with E-state index < -0.39 is 10.0 Å². The lowest BCUT2D eigenvalue weighted by Crippen LogP contribution is -2.20. The van der Waals surface area contributed by atoms with Crippen molar-refractivity contribution in [1.82, 2.24) is 19.5 Å². The SMILES string of the molecule is CCCS(=O)(=O)Nc1nc(Oc2c(C)cc(C)cc2C)nc(-c2cc(C)c(=O)n(C)c2)n1. The standard InChI is InChI=1S/C22H27N5O4S/c1-7-8-32(29,30)26-21-23-19(17-11-16(5)20(28)27(6)12-17)24-22(25-21)31-18-14(3)9-13(2)10-15(18)4/h9-12H,7-8H2,1-6H3,(H,23,24,25,26). The smallest absolute Gasteiger partial charge is 0.327 e. The van der Waals surface area contributed by atoms with E-state index in [1.54, 1.807) is 33.2 Å². The number of pyridine rings is 1. The Balaban J connectivity index is 2.14. The minimum absolute atomic E-state index is 0.0502. The van der Waals surface area contributed by atoms with Crippen molar-refractivity contribution < 1.29 is 13.2 Å². The maximum absolute atomic E-state index is 12.3. The van der Waals surface area contributed by atoms with E-state index >= 15 is 0 Å². The van der Waals surface area contributed by atoms with Crippen LogP contribution >= 0.6 is 0 Å². The molecule has 1 N–H and O–H groups in total. The molecule has 3 aromatic rings. The van der Waals surface area contributed by atoms with Gasteiger partial charge < -0.3 is 9.30 Å². The minimum atomic E-state index is -3.63. The zero-order chi connectivity index (χ0) is 23.6. The Kier molecular flexibility index (Phi) is 6.63. The van der Waals surface area contributed by atoms with Gasteiger partial charge in [0.1, 0.15) is 5.75 Å². The number of nitrogens with one attached hydrogen (secondary N) is 1. The lowest BCUT2D eigenvalue weighted by molar-refractivity contribution is 0.435. The highest BCUT2D eigenvalue weighted by atomic mass is 32.2. The second-order valence-electron chi connectivity index (χ2n) is 7.84. The molecule has 0 atom stereocenters. The number of aryl methyl sites for hydroxylation is 5. The molecule has 3 rings (SSSR count). The number of anilines is 1. The molecular formula is C22H27N5O4S. The third-order valence-electron chi connectivity index (χ3n) is 4.75. The molecule has 0 aliphatic carbocycles. The molecule has 9 nitrogen and oxygen atoms in total. The average molecular weight is 458 g/mol. The largest absolute Gasteiger partial charge is 0.424 e. The topological polar surface area (TPSA) is 116 Å². The number of aromatic nitrogens is 4. The van der Waals surface area contributed by atoms with E-state index in [9.17, 15) is 13.2 Å². The van der Waals surface area contributed by atoms with E-state index in [1.807, 2.05) is 32.9 Å². The second-order valence-corrected chi connectivity index (χ2v) is 9.69. The number of hydrogen-bond acceptors (Lipinski definition) is 7. The Morgan fingerprint density at radius 2 is 1.66 bits per heavy atom. The van der Waals surface area contributed by atoms with Crippen molar-refractivity contribution in [3.8, 4) is 23.1 Å². The third kappa shape index (κ3) is 5.31. The van der Waals surface area contributed by atoms with E-state index in [2.05, 4.69) is 19.7 Å². The molecule has 0 spiro atoms. The Morgan fingerprint density at radius 3 is 2.25 bits per heavy atom. The van der Waals surface area contributed by atoms with Crippen LogP contribution in [-0.2, 0) is 17.1 Å². The first-order valence-electron chi connectivity index (χ1n) is 10.2. The van der Waals surface area contributed by atoms with Crippen LogP contribution in [0.25, 0.3) is 11.4 Å². The van der Waals surface area contributed by atoms with Crippen LogP contribution in [0.5, 0.6) is 11.8 Å². The highest BCUT2D eigenvalue weighted by Gasteiger charge is 2.18. The predicted molar refractivity (Wildman–Crippen MR) is 124 cm³/mol. The molecular weight excluding hydrogens is 430 g/mol. The maximum atomic E-state index is 12.3. The number of rotatable bonds is 7. The van der Waals surface area contributed by atoms with Crippen molar-refractivity contribution >= 4 is 16.0 Å². The van der Waals surface area contributed by atoms with Crippen molar-refractivity contribution in [2.45, 2.75) is 41.0 Å². The lowest BCUT2D eigenvalue weighted by Gasteiger charge is -2.14. The number of sulfonamides is 1. The highest BCUT2D eigenvalue weighted by molar-refractivity contribution is 7.92. The molecule has 0 fully saturated rings. The van der Waals surface area contributed by atoms with Crippen molar-refractivity contribution in [2.24, 2.45) is 7.05 Å². The number of nitrogens with zero attached hydrogens (tertiary/aromatic N) is 4. The van der Waals surface area contributed by atoms with Gasteiger partial charge in [-0.15, -0.1) is 0 Å². The molecule has 0 radical (unpaired) electrons.